The molecule has 0 heteroatoms. The monoisotopic (exact) mass is 196 g/mol. The molecule has 0 N–H and O–H groups in total. The zero-order valence-electron chi connectivity index (χ0n) is 10.7. The first-order valence-corrected chi connectivity index (χ1v) is 6.52. The largest absolute Gasteiger partial charge is 0.0628 e. The van der Waals surface area contributed by atoms with Crippen molar-refractivity contribution in [3.8, 4) is 0 Å². The first kappa shape index (κ1) is 12.1. The molecule has 0 radical (unpaired) electrons. The zero-order chi connectivity index (χ0) is 10.7. The van der Waals surface area contributed by atoms with E-state index in [9.17, 15) is 0 Å². The third-order valence-electron chi connectivity index (χ3n) is 3.92. The maximum atomic E-state index is 2.47. The highest BCUT2D eigenvalue weighted by Crippen LogP contribution is 2.50. The number of hydrogen-bond acceptors (Lipinski definition) is 0. The Hall–Kier alpha value is 0. The Balaban J connectivity index is 2.09. The molecule has 0 nitrogen and oxygen atoms in total. The van der Waals surface area contributed by atoms with Crippen molar-refractivity contribution in [1.29, 1.82) is 0 Å². The molecule has 1 aliphatic rings. The lowest BCUT2D eigenvalue weighted by Crippen LogP contribution is -2.03. The van der Waals surface area contributed by atoms with Crippen LogP contribution in [0.3, 0.4) is 0 Å². The Morgan fingerprint density at radius 3 is 2.00 bits per heavy atom. The van der Waals surface area contributed by atoms with Gasteiger partial charge >= 0.3 is 0 Å². The summed E-state index contributed by atoms with van der Waals surface area (Å²) in [6.07, 6.45) is 5.84. The molecule has 0 heterocycles. The molecule has 0 spiro atoms. The first-order valence-electron chi connectivity index (χ1n) is 6.52. The van der Waals surface area contributed by atoms with Crippen LogP contribution in [-0.2, 0) is 0 Å². The summed E-state index contributed by atoms with van der Waals surface area (Å²) in [7, 11) is 0. The minimum absolute atomic E-state index is 0.891. The second kappa shape index (κ2) is 5.19. The molecule has 1 fully saturated rings. The normalized spacial score (nSPS) is 28.5. The van der Waals surface area contributed by atoms with Crippen LogP contribution < -0.4 is 0 Å². The van der Waals surface area contributed by atoms with Crippen LogP contribution in [0.2, 0.25) is 0 Å². The van der Waals surface area contributed by atoms with Gasteiger partial charge in [-0.25, -0.2) is 0 Å². The van der Waals surface area contributed by atoms with Gasteiger partial charge in [0.1, 0.15) is 0 Å². The summed E-state index contributed by atoms with van der Waals surface area (Å²) < 4.78 is 0. The molecule has 0 aliphatic heterocycles. The van der Waals surface area contributed by atoms with E-state index in [1.807, 2.05) is 0 Å². The summed E-state index contributed by atoms with van der Waals surface area (Å²) in [4.78, 5) is 0. The van der Waals surface area contributed by atoms with E-state index in [1.54, 1.807) is 0 Å². The average Bonchev–Trinajstić information content (AvgIpc) is 2.81. The summed E-state index contributed by atoms with van der Waals surface area (Å²) in [6.45, 7) is 11.9. The minimum atomic E-state index is 0.891. The molecule has 1 aliphatic carbocycles. The predicted molar refractivity (Wildman–Crippen MR) is 64.3 cm³/mol. The lowest BCUT2D eigenvalue weighted by Gasteiger charge is -2.13. The summed E-state index contributed by atoms with van der Waals surface area (Å²) in [5.74, 6) is 4.93. The van der Waals surface area contributed by atoms with Crippen LogP contribution >= 0.6 is 0 Å². The van der Waals surface area contributed by atoms with Crippen molar-refractivity contribution in [2.45, 2.75) is 60.3 Å². The Bertz CT molecular complexity index is 157. The standard InChI is InChI=1S/C14H28/c1-10(2)7-6-8-12(5)14-9-13(14)11(3)4/h10-14H,6-9H2,1-5H3. The topological polar surface area (TPSA) is 0 Å². The van der Waals surface area contributed by atoms with Crippen LogP contribution in [-0.4, -0.2) is 0 Å². The fraction of sp³-hybridized carbons (Fsp3) is 1.00. The van der Waals surface area contributed by atoms with Gasteiger partial charge in [-0.1, -0.05) is 53.9 Å². The highest BCUT2D eigenvalue weighted by atomic mass is 14.5. The van der Waals surface area contributed by atoms with Crippen molar-refractivity contribution in [3.63, 3.8) is 0 Å². The van der Waals surface area contributed by atoms with Gasteiger partial charge in [-0.3, -0.25) is 0 Å². The molecule has 1 rings (SSSR count). The zero-order valence-corrected chi connectivity index (χ0v) is 10.7. The first-order chi connectivity index (χ1) is 6.52. The molecule has 14 heavy (non-hydrogen) atoms. The molecule has 1 saturated carbocycles. The fourth-order valence-electron chi connectivity index (χ4n) is 2.72. The van der Waals surface area contributed by atoms with E-state index in [0.717, 1.165) is 29.6 Å². The fourth-order valence-corrected chi connectivity index (χ4v) is 2.72. The van der Waals surface area contributed by atoms with Gasteiger partial charge in [-0.15, -0.1) is 0 Å². The van der Waals surface area contributed by atoms with E-state index in [1.165, 1.54) is 25.7 Å². The van der Waals surface area contributed by atoms with Gasteiger partial charge in [-0.05, 0) is 36.0 Å². The van der Waals surface area contributed by atoms with Crippen LogP contribution in [0.4, 0.5) is 0 Å². The van der Waals surface area contributed by atoms with Gasteiger partial charge in [0, 0.05) is 0 Å². The van der Waals surface area contributed by atoms with Gasteiger partial charge in [0.15, 0.2) is 0 Å². The van der Waals surface area contributed by atoms with Crippen LogP contribution in [0.5, 0.6) is 0 Å². The minimum Gasteiger partial charge on any atom is -0.0628 e. The summed E-state index contributed by atoms with van der Waals surface area (Å²) in [6, 6.07) is 0. The molecule has 3 unspecified atom stereocenters. The molecule has 0 saturated heterocycles. The van der Waals surface area contributed by atoms with E-state index in [0.29, 0.717) is 0 Å². The molecular weight excluding hydrogens is 168 g/mol. The third-order valence-corrected chi connectivity index (χ3v) is 3.92. The maximum Gasteiger partial charge on any atom is -0.0355 e. The van der Waals surface area contributed by atoms with Crippen molar-refractivity contribution >= 4 is 0 Å². The van der Waals surface area contributed by atoms with E-state index in [2.05, 4.69) is 34.6 Å². The third kappa shape index (κ3) is 3.63. The van der Waals surface area contributed by atoms with E-state index >= 15 is 0 Å². The van der Waals surface area contributed by atoms with Gasteiger partial charge in [0.2, 0.25) is 0 Å². The van der Waals surface area contributed by atoms with Gasteiger partial charge in [-0.2, -0.15) is 0 Å². The van der Waals surface area contributed by atoms with Crippen molar-refractivity contribution in [1.82, 2.24) is 0 Å². The molecule has 3 atom stereocenters. The van der Waals surface area contributed by atoms with Crippen LogP contribution in [0, 0.1) is 29.6 Å². The van der Waals surface area contributed by atoms with E-state index in [-0.39, 0.29) is 0 Å². The molecule has 0 aromatic heterocycles. The van der Waals surface area contributed by atoms with E-state index < -0.39 is 0 Å². The smallest absolute Gasteiger partial charge is 0.0355 e. The lowest BCUT2D eigenvalue weighted by atomic mass is 9.93. The summed E-state index contributed by atoms with van der Waals surface area (Å²) >= 11 is 0. The molecule has 0 bridgehead atoms. The van der Waals surface area contributed by atoms with Gasteiger partial charge in [0.05, 0.1) is 0 Å². The average molecular weight is 196 g/mol. The van der Waals surface area contributed by atoms with Crippen LogP contribution in [0.15, 0.2) is 0 Å². The quantitative estimate of drug-likeness (QED) is 0.575. The molecule has 0 aromatic carbocycles. The Morgan fingerprint density at radius 1 is 0.929 bits per heavy atom. The highest BCUT2D eigenvalue weighted by molar-refractivity contribution is 4.91. The highest BCUT2D eigenvalue weighted by Gasteiger charge is 2.41. The second-order valence-corrected chi connectivity index (χ2v) is 6.11. The number of rotatable bonds is 6. The predicted octanol–water partition coefficient (Wildman–Crippen LogP) is 4.74. The summed E-state index contributed by atoms with van der Waals surface area (Å²) in [5.41, 5.74) is 0. The molecular formula is C14H28. The molecule has 0 aromatic rings. The Kier molecular flexibility index (Phi) is 4.47. The maximum absolute atomic E-state index is 2.47. The van der Waals surface area contributed by atoms with Gasteiger partial charge in [0.25, 0.3) is 0 Å². The van der Waals surface area contributed by atoms with Crippen molar-refractivity contribution in [2.75, 3.05) is 0 Å². The van der Waals surface area contributed by atoms with Crippen molar-refractivity contribution < 1.29 is 0 Å². The number of hydrogen-bond donors (Lipinski definition) is 0. The van der Waals surface area contributed by atoms with Crippen molar-refractivity contribution in [3.05, 3.63) is 0 Å². The Morgan fingerprint density at radius 2 is 1.57 bits per heavy atom. The molecule has 0 amide bonds. The van der Waals surface area contributed by atoms with E-state index in [4.69, 9.17) is 0 Å². The SMILES string of the molecule is CC(C)CCCC(C)C1CC1C(C)C. The molecule has 84 valence electrons. The van der Waals surface area contributed by atoms with Gasteiger partial charge < -0.3 is 0 Å². The second-order valence-electron chi connectivity index (χ2n) is 6.11. The van der Waals surface area contributed by atoms with Crippen LogP contribution in [0.25, 0.3) is 0 Å². The Labute approximate surface area is 90.5 Å². The lowest BCUT2D eigenvalue weighted by molar-refractivity contribution is 0.379. The summed E-state index contributed by atoms with van der Waals surface area (Å²) in [5, 5.41) is 0. The van der Waals surface area contributed by atoms with Crippen molar-refractivity contribution in [2.24, 2.45) is 29.6 Å². The van der Waals surface area contributed by atoms with Crippen LogP contribution in [0.1, 0.15) is 60.3 Å².